The van der Waals surface area contributed by atoms with Gasteiger partial charge in [-0.3, -0.25) is 9.59 Å². The van der Waals surface area contributed by atoms with Crippen molar-refractivity contribution in [2.75, 3.05) is 23.0 Å². The Bertz CT molecular complexity index is 2750. The van der Waals surface area contributed by atoms with E-state index >= 15 is 0 Å². The maximum absolute atomic E-state index is 13.9. The van der Waals surface area contributed by atoms with Crippen LogP contribution in [0.1, 0.15) is 39.3 Å². The Labute approximate surface area is 329 Å². The average molecular weight is 790 g/mol. The van der Waals surface area contributed by atoms with Crippen molar-refractivity contribution in [3.63, 3.8) is 0 Å². The molecule has 0 saturated carbocycles. The van der Waals surface area contributed by atoms with Gasteiger partial charge in [0.25, 0.3) is 11.8 Å². The van der Waals surface area contributed by atoms with Crippen LogP contribution in [0.5, 0.6) is 0 Å². The van der Waals surface area contributed by atoms with Gasteiger partial charge >= 0.3 is 0 Å². The fourth-order valence-corrected chi connectivity index (χ4v) is 5.97. The summed E-state index contributed by atoms with van der Waals surface area (Å²) < 4.78 is 71.2. The third-order valence-electron chi connectivity index (χ3n) is 8.88. The van der Waals surface area contributed by atoms with Crippen LogP contribution in [0.15, 0.2) is 122 Å². The zero-order chi connectivity index (χ0) is 40.4. The van der Waals surface area contributed by atoms with E-state index in [9.17, 15) is 31.5 Å². The number of aromatic nitrogens is 4. The summed E-state index contributed by atoms with van der Waals surface area (Å²) in [5.41, 5.74) is 7.48. The van der Waals surface area contributed by atoms with E-state index in [2.05, 4.69) is 25.9 Å². The van der Waals surface area contributed by atoms with Gasteiger partial charge in [-0.2, -0.15) is 0 Å². The maximum Gasteiger partial charge on any atom is 0.255 e. The van der Waals surface area contributed by atoms with E-state index in [0.29, 0.717) is 23.5 Å². The molecule has 0 fully saturated rings. The van der Waals surface area contributed by atoms with Gasteiger partial charge in [0, 0.05) is 65.5 Å². The zero-order valence-electron chi connectivity index (χ0n) is 30.5. The standard InChI is InChI=1S/C22H18F2N4O.C21H14F3N3O.CH4/c1-13-3-8-20-27-19(12-28(20)11-13)14-4-6-16(7-5-14)26-22(29)15-9-17(23)21(25-2)18(24)10-15;1-12-2-7-19-26-18(11-27(19)10-12)13-3-5-15(6-4-13)25-21(28)14-8-16(22)20(24)17(23)9-14;/h3-12,25H,1-2H3,(H,26,29);2-11H,1H3,(H,25,28);1H4. The monoisotopic (exact) mass is 789 g/mol. The lowest BCUT2D eigenvalue weighted by molar-refractivity contribution is 0.101. The van der Waals surface area contributed by atoms with E-state index in [-0.39, 0.29) is 24.2 Å². The third-order valence-corrected chi connectivity index (χ3v) is 8.88. The van der Waals surface area contributed by atoms with Crippen molar-refractivity contribution < 1.29 is 31.5 Å². The van der Waals surface area contributed by atoms with Gasteiger partial charge < -0.3 is 24.8 Å². The maximum atomic E-state index is 13.9. The summed E-state index contributed by atoms with van der Waals surface area (Å²) in [5.74, 6) is -7.42. The summed E-state index contributed by atoms with van der Waals surface area (Å²) in [6, 6.07) is 25.1. The number of imidazole rings is 2. The second kappa shape index (κ2) is 16.8. The molecule has 8 rings (SSSR count). The van der Waals surface area contributed by atoms with Crippen molar-refractivity contribution in [1.29, 1.82) is 0 Å². The number of fused-ring (bicyclic) bond motifs is 2. The molecule has 0 unspecified atom stereocenters. The van der Waals surface area contributed by atoms with Gasteiger partial charge in [-0.15, -0.1) is 0 Å². The SMILES string of the molecule is C.CNc1c(F)cc(C(=O)Nc2ccc(-c3cn4cc(C)ccc4n3)cc2)cc1F.Cc1ccc2nc(-c3ccc(NC(=O)c4cc(F)c(F)c(F)c4)cc3)cn2c1. The summed E-state index contributed by atoms with van der Waals surface area (Å²) in [4.78, 5) is 33.6. The van der Waals surface area contributed by atoms with Crippen molar-refractivity contribution >= 4 is 40.2 Å². The summed E-state index contributed by atoms with van der Waals surface area (Å²) >= 11 is 0. The lowest BCUT2D eigenvalue weighted by Crippen LogP contribution is -2.13. The smallest absolute Gasteiger partial charge is 0.255 e. The molecule has 0 spiro atoms. The lowest BCUT2D eigenvalue weighted by atomic mass is 10.1. The number of amides is 2. The number of carbonyl (C=O) groups is 2. The van der Waals surface area contributed by atoms with Gasteiger partial charge in [0.15, 0.2) is 17.5 Å². The van der Waals surface area contributed by atoms with E-state index in [0.717, 1.165) is 57.1 Å². The van der Waals surface area contributed by atoms with Crippen LogP contribution in [0, 0.1) is 42.9 Å². The van der Waals surface area contributed by atoms with Gasteiger partial charge in [-0.1, -0.05) is 43.8 Å². The molecular formula is C44H36F5N7O2. The number of nitrogens with one attached hydrogen (secondary N) is 3. The number of nitrogens with zero attached hydrogens (tertiary/aromatic N) is 4. The van der Waals surface area contributed by atoms with Crippen LogP contribution in [0.2, 0.25) is 0 Å². The molecule has 0 aliphatic carbocycles. The molecule has 4 heterocycles. The minimum Gasteiger partial charge on any atom is -0.383 e. The topological polar surface area (TPSA) is 105 Å². The van der Waals surface area contributed by atoms with Crippen molar-refractivity contribution in [3.05, 3.63) is 173 Å². The van der Waals surface area contributed by atoms with Crippen molar-refractivity contribution in [3.8, 4) is 22.5 Å². The van der Waals surface area contributed by atoms with Crippen LogP contribution in [-0.4, -0.2) is 37.6 Å². The van der Waals surface area contributed by atoms with E-state index in [1.165, 1.54) is 7.05 Å². The minimum atomic E-state index is -1.61. The molecule has 58 heavy (non-hydrogen) atoms. The second-order valence-electron chi connectivity index (χ2n) is 13.1. The Morgan fingerprint density at radius 2 is 0.914 bits per heavy atom. The van der Waals surface area contributed by atoms with Gasteiger partial charge in [0.1, 0.15) is 28.6 Å². The molecule has 0 saturated heterocycles. The fraction of sp³-hybridized carbons (Fsp3) is 0.0909. The molecule has 8 aromatic rings. The highest BCUT2D eigenvalue weighted by Gasteiger charge is 2.17. The molecule has 3 N–H and O–H groups in total. The number of hydrogen-bond acceptors (Lipinski definition) is 5. The van der Waals surface area contributed by atoms with Gasteiger partial charge in [0.05, 0.1) is 11.4 Å². The summed E-state index contributed by atoms with van der Waals surface area (Å²) in [7, 11) is 1.41. The van der Waals surface area contributed by atoms with Crippen LogP contribution < -0.4 is 16.0 Å². The summed E-state index contributed by atoms with van der Waals surface area (Å²) in [6.45, 7) is 4.01. The molecule has 14 heteroatoms. The predicted octanol–water partition coefficient (Wildman–Crippen LogP) is 10.5. The molecule has 9 nitrogen and oxygen atoms in total. The molecule has 0 atom stereocenters. The third kappa shape index (κ3) is 8.70. The van der Waals surface area contributed by atoms with Crippen molar-refractivity contribution in [2.45, 2.75) is 21.3 Å². The molecule has 4 aromatic carbocycles. The predicted molar refractivity (Wildman–Crippen MR) is 216 cm³/mol. The first-order valence-electron chi connectivity index (χ1n) is 17.4. The van der Waals surface area contributed by atoms with Crippen molar-refractivity contribution in [1.82, 2.24) is 18.8 Å². The number of aryl methyl sites for hydroxylation is 2. The molecule has 0 radical (unpaired) electrons. The van der Waals surface area contributed by atoms with Crippen LogP contribution >= 0.6 is 0 Å². The molecule has 0 bridgehead atoms. The molecule has 0 aliphatic rings. The first-order chi connectivity index (χ1) is 27.3. The number of anilines is 3. The van der Waals surface area contributed by atoms with Crippen LogP contribution in [0.3, 0.4) is 0 Å². The van der Waals surface area contributed by atoms with Crippen LogP contribution in [-0.2, 0) is 0 Å². The largest absolute Gasteiger partial charge is 0.383 e. The second-order valence-corrected chi connectivity index (χ2v) is 13.1. The Morgan fingerprint density at radius 1 is 0.534 bits per heavy atom. The lowest BCUT2D eigenvalue weighted by Gasteiger charge is -2.09. The van der Waals surface area contributed by atoms with Gasteiger partial charge in [-0.25, -0.2) is 31.9 Å². The van der Waals surface area contributed by atoms with Crippen molar-refractivity contribution in [2.24, 2.45) is 0 Å². The summed E-state index contributed by atoms with van der Waals surface area (Å²) in [6.07, 6.45) is 7.81. The zero-order valence-corrected chi connectivity index (χ0v) is 30.5. The average Bonchev–Trinajstić information content (AvgIpc) is 3.81. The molecule has 2 amide bonds. The molecular weight excluding hydrogens is 754 g/mol. The number of hydrogen-bond donors (Lipinski definition) is 3. The van der Waals surface area contributed by atoms with E-state index in [4.69, 9.17) is 0 Å². The number of pyridine rings is 2. The minimum absolute atomic E-state index is 0. The summed E-state index contributed by atoms with van der Waals surface area (Å²) in [5, 5.41) is 7.59. The normalized spacial score (nSPS) is 10.8. The highest BCUT2D eigenvalue weighted by molar-refractivity contribution is 6.05. The number of rotatable bonds is 7. The fourth-order valence-electron chi connectivity index (χ4n) is 5.97. The number of halogens is 5. The van der Waals surface area contributed by atoms with E-state index in [1.54, 1.807) is 36.4 Å². The van der Waals surface area contributed by atoms with Gasteiger partial charge in [0.2, 0.25) is 0 Å². The highest BCUT2D eigenvalue weighted by atomic mass is 19.2. The van der Waals surface area contributed by atoms with Crippen LogP contribution in [0.4, 0.5) is 39.0 Å². The Hall–Kier alpha value is -7.35. The first kappa shape index (κ1) is 40.3. The van der Waals surface area contributed by atoms with Gasteiger partial charge in [-0.05, 0) is 85.6 Å². The Balaban J connectivity index is 0.000000192. The quantitative estimate of drug-likeness (QED) is 0.110. The van der Waals surface area contributed by atoms with E-state index < -0.39 is 40.9 Å². The Kier molecular flexibility index (Phi) is 11.7. The molecule has 4 aromatic heterocycles. The number of carbonyl (C=O) groups excluding carboxylic acids is 2. The number of benzene rings is 4. The molecule has 0 aliphatic heterocycles. The molecule has 294 valence electrons. The highest BCUT2D eigenvalue weighted by Crippen LogP contribution is 2.25. The Morgan fingerprint density at radius 3 is 1.29 bits per heavy atom. The van der Waals surface area contributed by atoms with Crippen LogP contribution in [0.25, 0.3) is 33.8 Å². The van der Waals surface area contributed by atoms with E-state index in [1.807, 2.05) is 83.8 Å². The first-order valence-corrected chi connectivity index (χ1v) is 17.4.